The van der Waals surface area contributed by atoms with Gasteiger partial charge in [0.05, 0.1) is 12.7 Å². The molecule has 0 aliphatic heterocycles. The van der Waals surface area contributed by atoms with Gasteiger partial charge in [-0.2, -0.15) is 0 Å². The van der Waals surface area contributed by atoms with Crippen LogP contribution in [0.3, 0.4) is 0 Å². The molecule has 1 amide bonds. The van der Waals surface area contributed by atoms with Crippen molar-refractivity contribution in [3.8, 4) is 17.1 Å². The molecule has 128 valence electrons. The van der Waals surface area contributed by atoms with Crippen LogP contribution in [-0.4, -0.2) is 22.6 Å². The first kappa shape index (κ1) is 16.7. The maximum Gasteiger partial charge on any atom is 0.240 e. The highest BCUT2D eigenvalue weighted by atomic mass is 19.1. The second kappa shape index (κ2) is 7.17. The quantitative estimate of drug-likeness (QED) is 0.750. The average molecular weight is 339 g/mol. The van der Waals surface area contributed by atoms with Crippen LogP contribution >= 0.6 is 0 Å². The molecule has 0 saturated heterocycles. The first-order valence-corrected chi connectivity index (χ1v) is 7.80. The Bertz CT molecular complexity index is 877. The summed E-state index contributed by atoms with van der Waals surface area (Å²) in [5.41, 5.74) is 6.82. The fourth-order valence-corrected chi connectivity index (χ4v) is 2.75. The Balaban J connectivity index is 2.03. The first-order chi connectivity index (χ1) is 12.1. The molecule has 0 saturated carbocycles. The van der Waals surface area contributed by atoms with E-state index < -0.39 is 17.8 Å². The van der Waals surface area contributed by atoms with Crippen molar-refractivity contribution in [1.82, 2.24) is 9.55 Å². The van der Waals surface area contributed by atoms with Crippen molar-refractivity contribution in [2.75, 3.05) is 7.11 Å². The number of ether oxygens (including phenoxy) is 1. The van der Waals surface area contributed by atoms with Crippen LogP contribution in [0.15, 0.2) is 60.9 Å². The van der Waals surface area contributed by atoms with Gasteiger partial charge in [-0.15, -0.1) is 0 Å². The number of aromatic nitrogens is 2. The number of methoxy groups -OCH3 is 1. The molecule has 0 aliphatic rings. The van der Waals surface area contributed by atoms with Crippen LogP contribution in [-0.2, 0) is 11.2 Å². The van der Waals surface area contributed by atoms with Crippen molar-refractivity contribution in [3.63, 3.8) is 0 Å². The molecule has 25 heavy (non-hydrogen) atoms. The van der Waals surface area contributed by atoms with E-state index in [2.05, 4.69) is 4.98 Å². The molecule has 2 aromatic carbocycles. The third kappa shape index (κ3) is 3.52. The van der Waals surface area contributed by atoms with Crippen molar-refractivity contribution in [2.45, 2.75) is 12.5 Å². The number of halogens is 1. The molecule has 1 atom stereocenters. The number of hydrogen-bond acceptors (Lipinski definition) is 3. The number of nitrogens with zero attached hydrogens (tertiary/aromatic N) is 2. The van der Waals surface area contributed by atoms with E-state index in [1.807, 2.05) is 30.3 Å². The Hall–Kier alpha value is -3.15. The lowest BCUT2D eigenvalue weighted by molar-refractivity contribution is -0.121. The third-order valence-electron chi connectivity index (χ3n) is 4.02. The Morgan fingerprint density at radius 1 is 1.28 bits per heavy atom. The van der Waals surface area contributed by atoms with Crippen LogP contribution in [0.5, 0.6) is 5.75 Å². The topological polar surface area (TPSA) is 70.1 Å². The van der Waals surface area contributed by atoms with Gasteiger partial charge >= 0.3 is 0 Å². The lowest BCUT2D eigenvalue weighted by Crippen LogP contribution is -2.28. The molecular formula is C19H18FN3O2. The van der Waals surface area contributed by atoms with Crippen molar-refractivity contribution in [3.05, 3.63) is 72.3 Å². The number of carbonyl (C=O) groups is 1. The number of hydrogen-bond donors (Lipinski definition) is 1. The number of carbonyl (C=O) groups excluding carboxylic acids is 1. The lowest BCUT2D eigenvalue weighted by atomic mass is 10.0. The normalized spacial score (nSPS) is 11.9. The molecule has 5 nitrogen and oxygen atoms in total. The predicted octanol–water partition coefficient (Wildman–Crippen LogP) is 2.97. The van der Waals surface area contributed by atoms with Gasteiger partial charge in [0.15, 0.2) is 0 Å². The minimum absolute atomic E-state index is 0.253. The summed E-state index contributed by atoms with van der Waals surface area (Å²) in [6.45, 7) is 0. The van der Waals surface area contributed by atoms with Crippen LogP contribution < -0.4 is 10.5 Å². The SMILES string of the molecule is COc1ccc(F)c(-c2nccn2[C@@H](Cc2ccccc2)C(N)=O)c1. The van der Waals surface area contributed by atoms with Crippen molar-refractivity contribution < 1.29 is 13.9 Å². The molecule has 0 fully saturated rings. The Morgan fingerprint density at radius 3 is 2.72 bits per heavy atom. The Morgan fingerprint density at radius 2 is 2.04 bits per heavy atom. The van der Waals surface area contributed by atoms with Crippen LogP contribution in [0.25, 0.3) is 11.4 Å². The van der Waals surface area contributed by atoms with E-state index in [0.29, 0.717) is 18.0 Å². The van der Waals surface area contributed by atoms with Crippen LogP contribution in [0.1, 0.15) is 11.6 Å². The highest BCUT2D eigenvalue weighted by Crippen LogP contribution is 2.28. The van der Waals surface area contributed by atoms with E-state index in [-0.39, 0.29) is 5.56 Å². The second-order valence-corrected chi connectivity index (χ2v) is 5.61. The average Bonchev–Trinajstić information content (AvgIpc) is 3.10. The number of rotatable bonds is 6. The van der Waals surface area contributed by atoms with E-state index in [1.54, 1.807) is 16.8 Å². The molecule has 0 spiro atoms. The molecule has 3 aromatic rings. The summed E-state index contributed by atoms with van der Waals surface area (Å²) >= 11 is 0. The van der Waals surface area contributed by atoms with Crippen LogP contribution in [0.2, 0.25) is 0 Å². The van der Waals surface area contributed by atoms with Crippen LogP contribution in [0, 0.1) is 5.82 Å². The zero-order valence-electron chi connectivity index (χ0n) is 13.7. The van der Waals surface area contributed by atoms with Crippen molar-refractivity contribution >= 4 is 5.91 Å². The Labute approximate surface area is 144 Å². The summed E-state index contributed by atoms with van der Waals surface area (Å²) in [4.78, 5) is 16.3. The number of amides is 1. The van der Waals surface area contributed by atoms with Gasteiger partial charge in [0.2, 0.25) is 5.91 Å². The molecule has 1 aromatic heterocycles. The molecular weight excluding hydrogens is 321 g/mol. The standard InChI is InChI=1S/C19H18FN3O2/c1-25-14-7-8-16(20)15(12-14)19-22-9-10-23(19)17(18(21)24)11-13-5-3-2-4-6-13/h2-10,12,17H,11H2,1H3,(H2,21,24)/t17-/m0/s1. The minimum Gasteiger partial charge on any atom is -0.497 e. The minimum atomic E-state index is -0.675. The molecule has 3 rings (SSSR count). The zero-order valence-corrected chi connectivity index (χ0v) is 13.7. The van der Waals surface area contributed by atoms with Gasteiger partial charge in [-0.3, -0.25) is 4.79 Å². The molecule has 0 radical (unpaired) electrons. The maximum absolute atomic E-state index is 14.3. The molecule has 1 heterocycles. The van der Waals surface area contributed by atoms with E-state index >= 15 is 0 Å². The van der Waals surface area contributed by atoms with E-state index in [9.17, 15) is 9.18 Å². The molecule has 0 bridgehead atoms. The number of nitrogens with two attached hydrogens (primary N) is 1. The van der Waals surface area contributed by atoms with Gasteiger partial charge < -0.3 is 15.0 Å². The summed E-state index contributed by atoms with van der Waals surface area (Å²) in [6, 6.07) is 13.2. The van der Waals surface area contributed by atoms with Gasteiger partial charge in [-0.1, -0.05) is 30.3 Å². The molecule has 6 heteroatoms. The number of benzene rings is 2. The first-order valence-electron chi connectivity index (χ1n) is 7.80. The highest BCUT2D eigenvalue weighted by molar-refractivity contribution is 5.79. The Kier molecular flexibility index (Phi) is 4.79. The van der Waals surface area contributed by atoms with Gasteiger partial charge in [0, 0.05) is 18.8 Å². The molecule has 2 N–H and O–H groups in total. The summed E-state index contributed by atoms with van der Waals surface area (Å²) in [6.07, 6.45) is 3.55. The second-order valence-electron chi connectivity index (χ2n) is 5.61. The smallest absolute Gasteiger partial charge is 0.240 e. The molecule has 0 aliphatic carbocycles. The van der Waals surface area contributed by atoms with E-state index in [1.165, 1.54) is 25.4 Å². The predicted molar refractivity (Wildman–Crippen MR) is 92.6 cm³/mol. The summed E-state index contributed by atoms with van der Waals surface area (Å²) in [7, 11) is 1.51. The largest absolute Gasteiger partial charge is 0.497 e. The van der Waals surface area contributed by atoms with Gasteiger partial charge in [-0.05, 0) is 23.8 Å². The zero-order chi connectivity index (χ0) is 17.8. The van der Waals surface area contributed by atoms with Gasteiger partial charge in [0.25, 0.3) is 0 Å². The number of primary amides is 1. The van der Waals surface area contributed by atoms with Gasteiger partial charge in [-0.25, -0.2) is 9.37 Å². The maximum atomic E-state index is 14.3. The monoisotopic (exact) mass is 339 g/mol. The van der Waals surface area contributed by atoms with Gasteiger partial charge in [0.1, 0.15) is 23.4 Å². The highest BCUT2D eigenvalue weighted by Gasteiger charge is 2.23. The van der Waals surface area contributed by atoms with Crippen molar-refractivity contribution in [2.24, 2.45) is 5.73 Å². The number of imidazole rings is 1. The molecule has 0 unspecified atom stereocenters. The van der Waals surface area contributed by atoms with Crippen LogP contribution in [0.4, 0.5) is 4.39 Å². The van der Waals surface area contributed by atoms with E-state index in [4.69, 9.17) is 10.5 Å². The summed E-state index contributed by atoms with van der Waals surface area (Å²) < 4.78 is 21.1. The lowest BCUT2D eigenvalue weighted by Gasteiger charge is -2.18. The summed E-state index contributed by atoms with van der Waals surface area (Å²) in [5, 5.41) is 0. The third-order valence-corrected chi connectivity index (χ3v) is 4.02. The fourth-order valence-electron chi connectivity index (χ4n) is 2.75. The van der Waals surface area contributed by atoms with E-state index in [0.717, 1.165) is 5.56 Å². The van der Waals surface area contributed by atoms with Crippen molar-refractivity contribution in [1.29, 1.82) is 0 Å². The summed E-state index contributed by atoms with van der Waals surface area (Å²) in [5.74, 6) is -0.122. The fraction of sp³-hybridized carbons (Fsp3) is 0.158.